The van der Waals surface area contributed by atoms with Gasteiger partial charge in [-0.1, -0.05) is 56.2 Å². The molecule has 1 saturated carbocycles. The van der Waals surface area contributed by atoms with Crippen LogP contribution in [0.1, 0.15) is 125 Å². The molecule has 3 heterocycles. The number of aromatic nitrogens is 1. The Labute approximate surface area is 402 Å². The van der Waals surface area contributed by atoms with E-state index in [1.165, 1.54) is 0 Å². The Balaban J connectivity index is 0.706. The summed E-state index contributed by atoms with van der Waals surface area (Å²) in [5.74, 6) is 0.219. The number of anilines is 3. The maximum atomic E-state index is 14.0. The van der Waals surface area contributed by atoms with Crippen LogP contribution in [0.3, 0.4) is 0 Å². The van der Waals surface area contributed by atoms with Crippen LogP contribution in [-0.4, -0.2) is 53.7 Å². The zero-order valence-electron chi connectivity index (χ0n) is 39.4. The molecule has 5 aromatic carbocycles. The van der Waals surface area contributed by atoms with Gasteiger partial charge in [0.1, 0.15) is 18.0 Å². The molecule has 13 nitrogen and oxygen atoms in total. The molecule has 0 bridgehead atoms. The van der Waals surface area contributed by atoms with Crippen LogP contribution in [0.25, 0.3) is 10.9 Å². The fourth-order valence-corrected chi connectivity index (χ4v) is 10.4. The number of benzene rings is 5. The van der Waals surface area contributed by atoms with E-state index in [1.54, 1.807) is 59.5 Å². The van der Waals surface area contributed by atoms with E-state index in [0.717, 1.165) is 79.9 Å². The van der Waals surface area contributed by atoms with Crippen molar-refractivity contribution in [2.24, 2.45) is 11.8 Å². The minimum absolute atomic E-state index is 0.0261. The topological polar surface area (TPSA) is 188 Å². The number of ketones is 1. The van der Waals surface area contributed by atoms with Crippen molar-refractivity contribution in [3.63, 3.8) is 0 Å². The Morgan fingerprint density at radius 1 is 0.739 bits per heavy atom. The second kappa shape index (κ2) is 20.0. The summed E-state index contributed by atoms with van der Waals surface area (Å²) in [6, 6.07) is 33.3. The SMILES string of the molecule is CCc1cccc(N(CC)C(=O)Cn2c(C(=O)CC3CCC(C(=O)NCCCCCCNC(=O)c4ccc5c(c4)C(=O)OC54c5ccc(N)cc5Oc5cc(N)ccc54)CC3)cc3ccccc32)c1. The van der Waals surface area contributed by atoms with Crippen LogP contribution in [0.15, 0.2) is 109 Å². The molecular weight excluding hydrogens is 869 g/mol. The van der Waals surface area contributed by atoms with Crippen molar-refractivity contribution in [3.05, 3.63) is 148 Å². The monoisotopic (exact) mass is 928 g/mol. The smallest absolute Gasteiger partial charge is 0.340 e. The van der Waals surface area contributed by atoms with Gasteiger partial charge in [-0.25, -0.2) is 4.79 Å². The van der Waals surface area contributed by atoms with Crippen LogP contribution >= 0.6 is 0 Å². The summed E-state index contributed by atoms with van der Waals surface area (Å²) in [6.45, 7) is 5.71. The molecule has 69 heavy (non-hydrogen) atoms. The standard InChI is InChI=1S/C56H60N6O7/c1-3-35-12-11-14-42(28-35)61(4-2)52(64)34-62-47-15-8-7-13-38(47)31-48(62)49(63)29-36-16-18-37(19-17-36)53(65)59-26-9-5-6-10-27-60-54(66)39-20-23-44-43(30-39)55(67)69-56(44)45-24-21-40(57)32-50(45)68-51-33-41(58)22-25-46(51)56/h7-8,11-15,20-25,28,30-33,36-37H,3-6,9-10,16-19,26-27,29,34,57-58H2,1-2H3,(H,59,65)(H,60,66). The highest BCUT2D eigenvalue weighted by molar-refractivity contribution is 6.03. The van der Waals surface area contributed by atoms with Crippen LogP contribution < -0.4 is 31.7 Å². The van der Waals surface area contributed by atoms with Crippen molar-refractivity contribution in [1.82, 2.24) is 15.2 Å². The lowest BCUT2D eigenvalue weighted by Gasteiger charge is -2.36. The Morgan fingerprint density at radius 2 is 1.42 bits per heavy atom. The van der Waals surface area contributed by atoms with Crippen LogP contribution in [-0.2, 0) is 32.9 Å². The molecule has 0 saturated heterocycles. The van der Waals surface area contributed by atoms with Gasteiger partial charge in [-0.2, -0.15) is 0 Å². The summed E-state index contributed by atoms with van der Waals surface area (Å²) in [5.41, 5.74) is 17.8. The third-order valence-electron chi connectivity index (χ3n) is 14.1. The molecule has 356 valence electrons. The summed E-state index contributed by atoms with van der Waals surface area (Å²) in [4.78, 5) is 69.5. The summed E-state index contributed by atoms with van der Waals surface area (Å²) in [7, 11) is 0. The van der Waals surface area contributed by atoms with Gasteiger partial charge < -0.3 is 41.0 Å². The number of amides is 3. The van der Waals surface area contributed by atoms with Gasteiger partial charge in [-0.3, -0.25) is 19.2 Å². The third-order valence-corrected chi connectivity index (χ3v) is 14.1. The molecule has 3 aliphatic rings. The van der Waals surface area contributed by atoms with E-state index in [-0.39, 0.29) is 41.9 Å². The first-order chi connectivity index (χ1) is 33.5. The largest absolute Gasteiger partial charge is 0.456 e. The summed E-state index contributed by atoms with van der Waals surface area (Å²) >= 11 is 0. The molecule has 0 unspecified atom stereocenters. The molecule has 0 radical (unpaired) electrons. The lowest BCUT2D eigenvalue weighted by Crippen LogP contribution is -2.35. The average Bonchev–Trinajstić information content (AvgIpc) is 3.86. The molecule has 6 N–H and O–H groups in total. The van der Waals surface area contributed by atoms with E-state index in [1.807, 2.05) is 54.0 Å². The molecular formula is C56H60N6O7. The molecule has 1 aliphatic carbocycles. The molecule has 3 amide bonds. The van der Waals surface area contributed by atoms with Crippen molar-refractivity contribution in [2.75, 3.05) is 36.0 Å². The molecule has 6 aromatic rings. The zero-order chi connectivity index (χ0) is 48.2. The van der Waals surface area contributed by atoms with E-state index in [2.05, 4.69) is 29.7 Å². The molecule has 1 spiro atoms. The molecule has 9 rings (SSSR count). The minimum atomic E-state index is -1.29. The molecule has 2 aliphatic heterocycles. The number of nitrogens with one attached hydrogen (secondary N) is 2. The van der Waals surface area contributed by atoms with Crippen molar-refractivity contribution < 1.29 is 33.4 Å². The van der Waals surface area contributed by atoms with E-state index in [9.17, 15) is 24.0 Å². The number of para-hydroxylation sites is 1. The number of fused-ring (bicyclic) bond motifs is 7. The number of Topliss-reactive ketones (excluding diaryl/α,β-unsaturated/α-hetero) is 1. The van der Waals surface area contributed by atoms with Gasteiger partial charge in [0, 0.05) is 94.3 Å². The fourth-order valence-electron chi connectivity index (χ4n) is 10.4. The highest BCUT2D eigenvalue weighted by Gasteiger charge is 2.53. The van der Waals surface area contributed by atoms with Crippen LogP contribution in [0.4, 0.5) is 17.1 Å². The maximum Gasteiger partial charge on any atom is 0.340 e. The molecule has 13 heteroatoms. The number of nitrogens with two attached hydrogens (primary N) is 2. The highest BCUT2D eigenvalue weighted by atomic mass is 16.6. The van der Waals surface area contributed by atoms with Crippen molar-refractivity contribution >= 4 is 57.4 Å². The number of nitrogens with zero attached hydrogens (tertiary/aromatic N) is 2. The van der Waals surface area contributed by atoms with Crippen LogP contribution in [0.5, 0.6) is 11.5 Å². The Bertz CT molecular complexity index is 2900. The Kier molecular flexibility index (Phi) is 13.6. The number of ether oxygens (including phenoxy) is 2. The van der Waals surface area contributed by atoms with Crippen molar-refractivity contribution in [1.29, 1.82) is 0 Å². The van der Waals surface area contributed by atoms with Gasteiger partial charge in [-0.05, 0) is 124 Å². The number of carbonyl (C=O) groups is 5. The van der Waals surface area contributed by atoms with Gasteiger partial charge >= 0.3 is 5.97 Å². The second-order valence-corrected chi connectivity index (χ2v) is 18.6. The lowest BCUT2D eigenvalue weighted by molar-refractivity contribution is -0.126. The number of unbranched alkanes of at least 4 members (excludes halogenated alkanes) is 3. The lowest BCUT2D eigenvalue weighted by atomic mass is 9.77. The first kappa shape index (κ1) is 46.7. The summed E-state index contributed by atoms with van der Waals surface area (Å²) < 4.78 is 14.3. The van der Waals surface area contributed by atoms with E-state index < -0.39 is 11.6 Å². The van der Waals surface area contributed by atoms with E-state index in [0.29, 0.717) is 82.4 Å². The quantitative estimate of drug-likeness (QED) is 0.0299. The van der Waals surface area contributed by atoms with Gasteiger partial charge in [0.05, 0.1) is 11.3 Å². The molecule has 0 atom stereocenters. The first-order valence-electron chi connectivity index (χ1n) is 24.4. The Hall–Kier alpha value is -7.41. The Morgan fingerprint density at radius 3 is 2.12 bits per heavy atom. The third kappa shape index (κ3) is 9.42. The van der Waals surface area contributed by atoms with Gasteiger partial charge in [0.25, 0.3) is 5.91 Å². The zero-order valence-corrected chi connectivity index (χ0v) is 39.4. The van der Waals surface area contributed by atoms with Crippen molar-refractivity contribution in [2.45, 2.75) is 90.2 Å². The number of aryl methyl sites for hydroxylation is 1. The average molecular weight is 929 g/mol. The normalized spacial score (nSPS) is 16.5. The highest BCUT2D eigenvalue weighted by Crippen LogP contribution is 2.56. The first-order valence-corrected chi connectivity index (χ1v) is 24.4. The number of hydrogen-bond donors (Lipinski definition) is 4. The van der Waals surface area contributed by atoms with Crippen LogP contribution in [0, 0.1) is 11.8 Å². The second-order valence-electron chi connectivity index (χ2n) is 18.6. The van der Waals surface area contributed by atoms with Gasteiger partial charge in [-0.15, -0.1) is 0 Å². The number of esters is 1. The van der Waals surface area contributed by atoms with Gasteiger partial charge in [0.2, 0.25) is 11.8 Å². The summed E-state index contributed by atoms with van der Waals surface area (Å²) in [5, 5.41) is 7.04. The predicted molar refractivity (Wildman–Crippen MR) is 268 cm³/mol. The fraction of sp³-hybridized carbons (Fsp3) is 0.339. The number of rotatable bonds is 17. The number of hydrogen-bond acceptors (Lipinski definition) is 9. The number of carbonyl (C=O) groups excluding carboxylic acids is 5. The minimum Gasteiger partial charge on any atom is -0.456 e. The van der Waals surface area contributed by atoms with E-state index in [4.69, 9.17) is 20.9 Å². The molecule has 1 aromatic heterocycles. The summed E-state index contributed by atoms with van der Waals surface area (Å²) in [6.07, 6.45) is 7.69. The van der Waals surface area contributed by atoms with E-state index >= 15 is 0 Å². The maximum absolute atomic E-state index is 14.0. The van der Waals surface area contributed by atoms with Crippen LogP contribution in [0.2, 0.25) is 0 Å². The number of likely N-dealkylation sites (N-methyl/N-ethyl adjacent to an activating group) is 1. The predicted octanol–water partition coefficient (Wildman–Crippen LogP) is 9.48. The number of nitrogen functional groups attached to an aromatic ring is 2. The van der Waals surface area contributed by atoms with Crippen molar-refractivity contribution in [3.8, 4) is 11.5 Å². The van der Waals surface area contributed by atoms with Gasteiger partial charge in [0.15, 0.2) is 11.4 Å². The molecule has 1 fully saturated rings.